The number of hydrogen-bond donors (Lipinski definition) is 2. The van der Waals surface area contributed by atoms with Gasteiger partial charge in [0.05, 0.1) is 12.2 Å². The summed E-state index contributed by atoms with van der Waals surface area (Å²) in [4.78, 5) is 4.83. The highest BCUT2D eigenvalue weighted by molar-refractivity contribution is 7.80. The Morgan fingerprint density at radius 3 is 2.76 bits per heavy atom. The standard InChI is InChI=1S/C16H19N3OS/c1-11-7-8-13(15(17)21)16(18-11)19-14-6-4-3-5-12(14)9-10-20-2/h3-8H,9-10H2,1-2H3,(H2,17,21)(H,18,19). The molecule has 3 N–H and O–H groups in total. The summed E-state index contributed by atoms with van der Waals surface area (Å²) in [5, 5.41) is 3.34. The molecule has 1 aromatic heterocycles. The fourth-order valence-corrected chi connectivity index (χ4v) is 2.22. The van der Waals surface area contributed by atoms with Gasteiger partial charge in [-0.3, -0.25) is 0 Å². The predicted molar refractivity (Wildman–Crippen MR) is 90.2 cm³/mol. The second kappa shape index (κ2) is 7.15. The quantitative estimate of drug-likeness (QED) is 0.803. The molecule has 0 spiro atoms. The van der Waals surface area contributed by atoms with Crippen molar-refractivity contribution in [1.82, 2.24) is 4.98 Å². The average Bonchev–Trinajstić information content (AvgIpc) is 2.46. The second-order valence-corrected chi connectivity index (χ2v) is 5.18. The Kier molecular flexibility index (Phi) is 5.25. The van der Waals surface area contributed by atoms with E-state index in [4.69, 9.17) is 22.7 Å². The Balaban J connectivity index is 2.34. The zero-order valence-corrected chi connectivity index (χ0v) is 13.0. The van der Waals surface area contributed by atoms with Crippen molar-refractivity contribution in [1.29, 1.82) is 0 Å². The molecular formula is C16H19N3OS. The van der Waals surface area contributed by atoms with Gasteiger partial charge in [-0.1, -0.05) is 30.4 Å². The van der Waals surface area contributed by atoms with E-state index in [-0.39, 0.29) is 0 Å². The minimum absolute atomic E-state index is 0.333. The van der Waals surface area contributed by atoms with Crippen LogP contribution in [-0.2, 0) is 11.2 Å². The molecule has 0 bridgehead atoms. The predicted octanol–water partition coefficient (Wildman–Crippen LogP) is 2.96. The van der Waals surface area contributed by atoms with Gasteiger partial charge in [-0.15, -0.1) is 0 Å². The molecule has 0 radical (unpaired) electrons. The van der Waals surface area contributed by atoms with Gasteiger partial charge in [-0.05, 0) is 37.1 Å². The van der Waals surface area contributed by atoms with Crippen LogP contribution in [0.4, 0.5) is 11.5 Å². The molecule has 1 aromatic carbocycles. The maximum atomic E-state index is 5.77. The summed E-state index contributed by atoms with van der Waals surface area (Å²) in [6.07, 6.45) is 0.827. The Labute approximate surface area is 130 Å². The van der Waals surface area contributed by atoms with Gasteiger partial charge in [0.15, 0.2) is 0 Å². The van der Waals surface area contributed by atoms with Gasteiger partial charge in [0.2, 0.25) is 0 Å². The SMILES string of the molecule is COCCc1ccccc1Nc1nc(C)ccc1C(N)=S. The lowest BCUT2D eigenvalue weighted by Crippen LogP contribution is -2.14. The van der Waals surface area contributed by atoms with Gasteiger partial charge >= 0.3 is 0 Å². The number of aryl methyl sites for hydroxylation is 1. The zero-order valence-electron chi connectivity index (χ0n) is 12.2. The molecule has 5 heteroatoms. The number of nitrogens with one attached hydrogen (secondary N) is 1. The lowest BCUT2D eigenvalue weighted by atomic mass is 10.1. The molecule has 1 heterocycles. The van der Waals surface area contributed by atoms with E-state index in [2.05, 4.69) is 16.4 Å². The number of methoxy groups -OCH3 is 1. The lowest BCUT2D eigenvalue weighted by Gasteiger charge is -2.14. The van der Waals surface area contributed by atoms with Crippen molar-refractivity contribution < 1.29 is 4.74 Å². The van der Waals surface area contributed by atoms with Gasteiger partial charge in [-0.25, -0.2) is 4.98 Å². The van der Waals surface area contributed by atoms with Crippen molar-refractivity contribution in [3.63, 3.8) is 0 Å². The molecule has 0 aliphatic carbocycles. The lowest BCUT2D eigenvalue weighted by molar-refractivity contribution is 0.202. The smallest absolute Gasteiger partial charge is 0.140 e. The summed E-state index contributed by atoms with van der Waals surface area (Å²) in [5.74, 6) is 0.687. The summed E-state index contributed by atoms with van der Waals surface area (Å²) >= 11 is 5.09. The number of hydrogen-bond acceptors (Lipinski definition) is 4. The number of benzene rings is 1. The highest BCUT2D eigenvalue weighted by Crippen LogP contribution is 2.23. The third kappa shape index (κ3) is 4.00. The van der Waals surface area contributed by atoms with Crippen LogP contribution in [0.25, 0.3) is 0 Å². The first-order valence-electron chi connectivity index (χ1n) is 6.73. The molecule has 0 fully saturated rings. The van der Waals surface area contributed by atoms with Crippen LogP contribution >= 0.6 is 12.2 Å². The maximum Gasteiger partial charge on any atom is 0.140 e. The number of pyridine rings is 1. The van der Waals surface area contributed by atoms with Crippen molar-refractivity contribution in [3.8, 4) is 0 Å². The van der Waals surface area contributed by atoms with Crippen molar-refractivity contribution in [2.75, 3.05) is 19.0 Å². The van der Waals surface area contributed by atoms with Crippen LogP contribution in [0.2, 0.25) is 0 Å². The van der Waals surface area contributed by atoms with E-state index < -0.39 is 0 Å². The van der Waals surface area contributed by atoms with Crippen molar-refractivity contribution in [3.05, 3.63) is 53.2 Å². The van der Waals surface area contributed by atoms with Crippen LogP contribution in [0.5, 0.6) is 0 Å². The minimum atomic E-state index is 0.333. The van der Waals surface area contributed by atoms with Crippen LogP contribution in [0.3, 0.4) is 0 Å². The van der Waals surface area contributed by atoms with E-state index in [0.29, 0.717) is 17.4 Å². The third-order valence-electron chi connectivity index (χ3n) is 3.15. The first-order chi connectivity index (χ1) is 10.1. The second-order valence-electron chi connectivity index (χ2n) is 4.74. The third-order valence-corrected chi connectivity index (χ3v) is 3.37. The van der Waals surface area contributed by atoms with Gasteiger partial charge in [-0.2, -0.15) is 0 Å². The number of rotatable bonds is 6. The van der Waals surface area contributed by atoms with Crippen LogP contribution in [0, 0.1) is 6.92 Å². The Morgan fingerprint density at radius 1 is 1.29 bits per heavy atom. The first kappa shape index (κ1) is 15.4. The number of nitrogens with two attached hydrogens (primary N) is 1. The highest BCUT2D eigenvalue weighted by atomic mass is 32.1. The monoisotopic (exact) mass is 301 g/mol. The average molecular weight is 301 g/mol. The van der Waals surface area contributed by atoms with E-state index in [1.807, 2.05) is 37.3 Å². The number of ether oxygens (including phenoxy) is 1. The van der Waals surface area contributed by atoms with Crippen LogP contribution < -0.4 is 11.1 Å². The molecular weight excluding hydrogens is 282 g/mol. The summed E-state index contributed by atoms with van der Waals surface area (Å²) in [7, 11) is 1.70. The van der Waals surface area contributed by atoms with Crippen molar-refractivity contribution in [2.24, 2.45) is 5.73 Å². The highest BCUT2D eigenvalue weighted by Gasteiger charge is 2.09. The molecule has 0 aliphatic heterocycles. The molecule has 110 valence electrons. The zero-order chi connectivity index (χ0) is 15.2. The number of aromatic nitrogens is 1. The fraction of sp³-hybridized carbons (Fsp3) is 0.250. The first-order valence-corrected chi connectivity index (χ1v) is 7.14. The largest absolute Gasteiger partial charge is 0.389 e. The van der Waals surface area contributed by atoms with E-state index in [0.717, 1.165) is 28.9 Å². The summed E-state index contributed by atoms with van der Waals surface area (Å²) in [6, 6.07) is 11.9. The molecule has 21 heavy (non-hydrogen) atoms. The van der Waals surface area contributed by atoms with E-state index in [1.54, 1.807) is 7.11 Å². The Hall–Kier alpha value is -1.98. The number of thiocarbonyl (C=S) groups is 1. The van der Waals surface area contributed by atoms with Crippen molar-refractivity contribution in [2.45, 2.75) is 13.3 Å². The maximum absolute atomic E-state index is 5.77. The van der Waals surface area contributed by atoms with Crippen LogP contribution in [0.1, 0.15) is 16.8 Å². The molecule has 0 saturated heterocycles. The summed E-state index contributed by atoms with van der Waals surface area (Å²) in [6.45, 7) is 2.60. The van der Waals surface area contributed by atoms with Crippen LogP contribution in [-0.4, -0.2) is 23.7 Å². The van der Waals surface area contributed by atoms with E-state index >= 15 is 0 Å². The number of anilines is 2. The molecule has 0 aliphatic rings. The normalized spacial score (nSPS) is 10.4. The Bertz CT molecular complexity index is 643. The summed E-state index contributed by atoms with van der Waals surface area (Å²) in [5.41, 5.74) is 9.58. The topological polar surface area (TPSA) is 60.2 Å². The van der Waals surface area contributed by atoms with Gasteiger partial charge < -0.3 is 15.8 Å². The van der Waals surface area contributed by atoms with Crippen molar-refractivity contribution >= 4 is 28.7 Å². The molecule has 0 amide bonds. The number of para-hydroxylation sites is 1. The molecule has 0 unspecified atom stereocenters. The molecule has 2 rings (SSSR count). The molecule has 4 nitrogen and oxygen atoms in total. The van der Waals surface area contributed by atoms with Gasteiger partial charge in [0.25, 0.3) is 0 Å². The van der Waals surface area contributed by atoms with Gasteiger partial charge in [0.1, 0.15) is 10.8 Å². The van der Waals surface area contributed by atoms with Crippen LogP contribution in [0.15, 0.2) is 36.4 Å². The molecule has 2 aromatic rings. The molecule has 0 saturated carbocycles. The Morgan fingerprint density at radius 2 is 2.05 bits per heavy atom. The minimum Gasteiger partial charge on any atom is -0.389 e. The van der Waals surface area contributed by atoms with E-state index in [9.17, 15) is 0 Å². The molecule has 0 atom stereocenters. The van der Waals surface area contributed by atoms with E-state index in [1.165, 1.54) is 0 Å². The summed E-state index contributed by atoms with van der Waals surface area (Å²) < 4.78 is 5.15. The number of nitrogens with zero attached hydrogens (tertiary/aromatic N) is 1. The van der Waals surface area contributed by atoms with Gasteiger partial charge in [0, 0.05) is 18.5 Å². The fourth-order valence-electron chi connectivity index (χ4n) is 2.05.